The van der Waals surface area contributed by atoms with Gasteiger partial charge in [-0.3, -0.25) is 15.0 Å². The minimum atomic E-state index is -0.661. The number of carbonyl (C=O) groups is 2. The first-order valence-electron chi connectivity index (χ1n) is 10.8. The number of hydrogen-bond acceptors (Lipinski definition) is 5. The first-order chi connectivity index (χ1) is 15.3. The van der Waals surface area contributed by atoms with Crippen LogP contribution in [0, 0.1) is 11.7 Å². The molecular weight excluding hydrogens is 411 g/mol. The Labute approximate surface area is 187 Å². The lowest BCUT2D eigenvalue weighted by Gasteiger charge is -2.17. The fourth-order valence-corrected chi connectivity index (χ4v) is 3.11. The molecule has 170 valence electrons. The molecule has 3 rings (SSSR count). The summed E-state index contributed by atoms with van der Waals surface area (Å²) in [7, 11) is 0. The molecule has 0 bridgehead atoms. The van der Waals surface area contributed by atoms with Crippen molar-refractivity contribution in [2.75, 3.05) is 5.43 Å². The Morgan fingerprint density at radius 3 is 2.44 bits per heavy atom. The number of nitrogens with one attached hydrogen (secondary N) is 2. The smallest absolute Gasteiger partial charge is 0.254 e. The topological polar surface area (TPSA) is 106 Å². The average molecular weight is 441 g/mol. The molecule has 2 aromatic rings. The Morgan fingerprint density at radius 2 is 1.88 bits per heavy atom. The minimum Gasteiger partial charge on any atom is -0.482 e. The number of anilines is 1. The Kier molecular flexibility index (Phi) is 7.45. The van der Waals surface area contributed by atoms with Crippen LogP contribution in [0.4, 0.5) is 10.1 Å². The van der Waals surface area contributed by atoms with Crippen molar-refractivity contribution in [1.29, 1.82) is 0 Å². The van der Waals surface area contributed by atoms with Gasteiger partial charge in [-0.1, -0.05) is 6.92 Å². The summed E-state index contributed by atoms with van der Waals surface area (Å²) in [5, 5.41) is 6.75. The lowest BCUT2D eigenvalue weighted by molar-refractivity contribution is 0.0937. The number of benzene rings is 2. The maximum absolute atomic E-state index is 14.3. The lowest BCUT2D eigenvalue weighted by Crippen LogP contribution is -2.34. The number of amidine groups is 1. The van der Waals surface area contributed by atoms with Gasteiger partial charge in [0.1, 0.15) is 11.6 Å². The van der Waals surface area contributed by atoms with E-state index in [1.54, 1.807) is 44.2 Å². The van der Waals surface area contributed by atoms with Crippen LogP contribution in [0.25, 0.3) is 0 Å². The van der Waals surface area contributed by atoms with Crippen LogP contribution in [0.5, 0.6) is 5.75 Å². The third-order valence-corrected chi connectivity index (χ3v) is 5.01. The number of ketones is 1. The zero-order valence-electron chi connectivity index (χ0n) is 18.5. The summed E-state index contributed by atoms with van der Waals surface area (Å²) in [4.78, 5) is 24.1. The highest BCUT2D eigenvalue weighted by atomic mass is 19.1. The fourth-order valence-electron chi connectivity index (χ4n) is 3.11. The van der Waals surface area contributed by atoms with E-state index in [4.69, 9.17) is 10.5 Å². The van der Waals surface area contributed by atoms with Crippen molar-refractivity contribution in [3.63, 3.8) is 0 Å². The van der Waals surface area contributed by atoms with Gasteiger partial charge in [-0.05, 0) is 75.6 Å². The van der Waals surface area contributed by atoms with Crippen molar-refractivity contribution in [1.82, 2.24) is 5.32 Å². The van der Waals surface area contributed by atoms with Crippen LogP contribution in [0.2, 0.25) is 0 Å². The van der Waals surface area contributed by atoms with Crippen LogP contribution < -0.4 is 21.2 Å². The number of amides is 1. The summed E-state index contributed by atoms with van der Waals surface area (Å²) in [6.45, 7) is 5.51. The van der Waals surface area contributed by atoms with Gasteiger partial charge in [0.05, 0.1) is 11.3 Å². The molecular formula is C24H29FN4O3. The van der Waals surface area contributed by atoms with E-state index in [1.807, 2.05) is 6.92 Å². The van der Waals surface area contributed by atoms with Gasteiger partial charge in [-0.2, -0.15) is 5.10 Å². The van der Waals surface area contributed by atoms with Crippen molar-refractivity contribution in [2.24, 2.45) is 16.8 Å². The van der Waals surface area contributed by atoms with E-state index >= 15 is 0 Å². The summed E-state index contributed by atoms with van der Waals surface area (Å²) >= 11 is 0. The summed E-state index contributed by atoms with van der Waals surface area (Å²) in [5.41, 5.74) is 9.77. The first kappa shape index (κ1) is 23.2. The predicted molar refractivity (Wildman–Crippen MR) is 122 cm³/mol. The number of rotatable bonds is 10. The van der Waals surface area contributed by atoms with Crippen LogP contribution in [0.3, 0.4) is 0 Å². The second-order valence-corrected chi connectivity index (χ2v) is 8.15. The van der Waals surface area contributed by atoms with E-state index < -0.39 is 17.8 Å². The van der Waals surface area contributed by atoms with E-state index in [1.165, 1.54) is 12.1 Å². The number of halogens is 1. The molecule has 0 spiro atoms. The maximum atomic E-state index is 14.3. The van der Waals surface area contributed by atoms with Crippen LogP contribution >= 0.6 is 0 Å². The molecule has 1 fully saturated rings. The molecule has 32 heavy (non-hydrogen) atoms. The van der Waals surface area contributed by atoms with E-state index in [2.05, 4.69) is 15.8 Å². The van der Waals surface area contributed by atoms with E-state index in [9.17, 15) is 14.0 Å². The SMILES string of the molecule is CCC(Oc1ccc(C(=O)C2CC2)cc1)C(N)=NNc1ccc(C(=O)NC(C)C)c(F)c1. The highest BCUT2D eigenvalue weighted by molar-refractivity contribution is 5.99. The lowest BCUT2D eigenvalue weighted by atomic mass is 10.1. The van der Waals surface area contributed by atoms with Crippen molar-refractivity contribution in [2.45, 2.75) is 52.2 Å². The summed E-state index contributed by atoms with van der Waals surface area (Å²) in [5.74, 6) is -0.0275. The van der Waals surface area contributed by atoms with Crippen LogP contribution in [0.1, 0.15) is 60.7 Å². The third-order valence-electron chi connectivity index (χ3n) is 5.01. The molecule has 8 heteroatoms. The maximum Gasteiger partial charge on any atom is 0.254 e. The van der Waals surface area contributed by atoms with Gasteiger partial charge in [0, 0.05) is 17.5 Å². The Hall–Kier alpha value is -3.42. The number of carbonyl (C=O) groups excluding carboxylic acids is 2. The number of ether oxygens (including phenoxy) is 1. The molecule has 0 aliphatic heterocycles. The van der Waals surface area contributed by atoms with E-state index in [-0.39, 0.29) is 29.1 Å². The Bertz CT molecular complexity index is 1000. The number of hydrogen-bond donors (Lipinski definition) is 3. The molecule has 4 N–H and O–H groups in total. The highest BCUT2D eigenvalue weighted by Gasteiger charge is 2.30. The van der Waals surface area contributed by atoms with Gasteiger partial charge in [0.15, 0.2) is 17.7 Å². The molecule has 1 unspecified atom stereocenters. The van der Waals surface area contributed by atoms with Gasteiger partial charge < -0.3 is 15.8 Å². The van der Waals surface area contributed by atoms with E-state index in [0.717, 1.165) is 12.8 Å². The van der Waals surface area contributed by atoms with E-state index in [0.29, 0.717) is 23.4 Å². The molecule has 1 saturated carbocycles. The second kappa shape index (κ2) is 10.3. The van der Waals surface area contributed by atoms with Crippen LogP contribution in [-0.2, 0) is 0 Å². The summed E-state index contributed by atoms with van der Waals surface area (Å²) < 4.78 is 20.2. The molecule has 0 aromatic heterocycles. The molecule has 2 aromatic carbocycles. The third kappa shape index (κ3) is 6.06. The summed E-state index contributed by atoms with van der Waals surface area (Å²) in [6, 6.07) is 11.0. The van der Waals surface area contributed by atoms with Crippen LogP contribution in [-0.4, -0.2) is 29.7 Å². The number of nitrogens with zero attached hydrogens (tertiary/aromatic N) is 1. The quantitative estimate of drug-likeness (QED) is 0.223. The van der Waals surface area contributed by atoms with Gasteiger partial charge >= 0.3 is 0 Å². The highest BCUT2D eigenvalue weighted by Crippen LogP contribution is 2.33. The molecule has 1 aliphatic carbocycles. The summed E-state index contributed by atoms with van der Waals surface area (Å²) in [6.07, 6.45) is 1.98. The number of Topliss-reactive ketones (excluding diaryl/α,β-unsaturated/α-hetero) is 1. The molecule has 1 aliphatic rings. The second-order valence-electron chi connectivity index (χ2n) is 8.15. The zero-order valence-corrected chi connectivity index (χ0v) is 18.5. The molecule has 1 amide bonds. The largest absolute Gasteiger partial charge is 0.482 e. The standard InChI is InChI=1S/C24H29FN4O3/c1-4-21(32-18-10-7-16(8-11-18)22(30)15-5-6-15)23(26)29-28-17-9-12-19(20(25)13-17)24(31)27-14(2)3/h7-15,21,28H,4-6H2,1-3H3,(H2,26,29)(H,27,31). The predicted octanol–water partition coefficient (Wildman–Crippen LogP) is 4.10. The number of hydrazone groups is 1. The molecule has 0 heterocycles. The van der Waals surface area contributed by atoms with Crippen molar-refractivity contribution in [3.05, 3.63) is 59.4 Å². The van der Waals surface area contributed by atoms with Gasteiger partial charge in [0.25, 0.3) is 5.91 Å². The molecule has 7 nitrogen and oxygen atoms in total. The van der Waals surface area contributed by atoms with Gasteiger partial charge in [0.2, 0.25) is 0 Å². The van der Waals surface area contributed by atoms with Crippen molar-refractivity contribution < 1.29 is 18.7 Å². The van der Waals surface area contributed by atoms with Crippen molar-refractivity contribution in [3.8, 4) is 5.75 Å². The fraction of sp³-hybridized carbons (Fsp3) is 0.375. The van der Waals surface area contributed by atoms with Crippen LogP contribution in [0.15, 0.2) is 47.6 Å². The normalized spacial score (nSPS) is 14.7. The molecule has 0 radical (unpaired) electrons. The molecule has 1 atom stereocenters. The van der Waals surface area contributed by atoms with Gasteiger partial charge in [-0.25, -0.2) is 4.39 Å². The zero-order chi connectivity index (χ0) is 23.3. The minimum absolute atomic E-state index is 0.0421. The Morgan fingerprint density at radius 1 is 1.19 bits per heavy atom. The molecule has 0 saturated heterocycles. The van der Waals surface area contributed by atoms with Gasteiger partial charge in [-0.15, -0.1) is 0 Å². The first-order valence-corrected chi connectivity index (χ1v) is 10.8. The number of nitrogens with two attached hydrogens (primary N) is 1. The average Bonchev–Trinajstić information content (AvgIpc) is 3.60. The Balaban J connectivity index is 1.61. The monoisotopic (exact) mass is 440 g/mol. The van der Waals surface area contributed by atoms with Crippen molar-refractivity contribution >= 4 is 23.2 Å².